The van der Waals surface area contributed by atoms with E-state index in [1.54, 1.807) is 18.3 Å². The average molecular weight is 569 g/mol. The van der Waals surface area contributed by atoms with Crippen LogP contribution in [0.3, 0.4) is 0 Å². The highest BCUT2D eigenvalue weighted by Gasteiger charge is 2.31. The minimum atomic E-state index is -4.72. The SMILES string of the molecule is Cc1cccc(C)c1NC(=O)NS/N=C/c1ccc2c(c1)CCc1c-2nsc1-c1ccc(OC(F)(F)F)cc1. The lowest BCUT2D eigenvalue weighted by Crippen LogP contribution is -2.23. The van der Waals surface area contributed by atoms with Crippen LogP contribution < -0.4 is 14.8 Å². The number of rotatable bonds is 6. The number of hydrogen-bond donors (Lipinski definition) is 2. The normalized spacial score (nSPS) is 12.6. The van der Waals surface area contributed by atoms with Crippen molar-refractivity contribution in [3.63, 3.8) is 0 Å². The van der Waals surface area contributed by atoms with Gasteiger partial charge in [0, 0.05) is 17.5 Å². The van der Waals surface area contributed by atoms with E-state index in [4.69, 9.17) is 0 Å². The predicted octanol–water partition coefficient (Wildman–Crippen LogP) is 7.89. The monoisotopic (exact) mass is 568 g/mol. The lowest BCUT2D eigenvalue weighted by atomic mass is 9.87. The van der Waals surface area contributed by atoms with Crippen LogP contribution in [-0.2, 0) is 12.8 Å². The summed E-state index contributed by atoms with van der Waals surface area (Å²) in [4.78, 5) is 13.2. The number of halogens is 3. The molecule has 0 unspecified atom stereocenters. The van der Waals surface area contributed by atoms with Crippen LogP contribution in [0, 0.1) is 13.8 Å². The van der Waals surface area contributed by atoms with Gasteiger partial charge in [-0.2, -0.15) is 4.37 Å². The summed E-state index contributed by atoms with van der Waals surface area (Å²) in [7, 11) is 0. The van der Waals surface area contributed by atoms with Crippen molar-refractivity contribution in [1.82, 2.24) is 9.10 Å². The summed E-state index contributed by atoms with van der Waals surface area (Å²) < 4.78 is 53.0. The molecular formula is C28H23F3N4O2S2. The second kappa shape index (κ2) is 11.1. The number of anilines is 1. The van der Waals surface area contributed by atoms with E-state index in [9.17, 15) is 18.0 Å². The number of alkyl halides is 3. The molecular weight excluding hydrogens is 545 g/mol. The summed E-state index contributed by atoms with van der Waals surface area (Å²) in [6, 6.07) is 17.3. The molecule has 200 valence electrons. The van der Waals surface area contributed by atoms with Crippen molar-refractivity contribution in [2.24, 2.45) is 4.40 Å². The van der Waals surface area contributed by atoms with Gasteiger partial charge in [0.05, 0.1) is 22.7 Å². The molecule has 0 radical (unpaired) electrons. The van der Waals surface area contributed by atoms with Crippen LogP contribution in [0.4, 0.5) is 23.7 Å². The predicted molar refractivity (Wildman–Crippen MR) is 150 cm³/mol. The second-order valence-electron chi connectivity index (χ2n) is 8.98. The third-order valence-electron chi connectivity index (χ3n) is 6.28. The fourth-order valence-electron chi connectivity index (χ4n) is 4.48. The number of carbonyl (C=O) groups excluding carboxylic acids is 1. The van der Waals surface area contributed by atoms with E-state index < -0.39 is 6.36 Å². The van der Waals surface area contributed by atoms with Crippen LogP contribution in [-0.4, -0.2) is 23.0 Å². The molecule has 1 aliphatic carbocycles. The highest BCUT2D eigenvalue weighted by molar-refractivity contribution is 7.96. The lowest BCUT2D eigenvalue weighted by Gasteiger charge is -2.17. The maximum atomic E-state index is 12.5. The third kappa shape index (κ3) is 6.26. The third-order valence-corrected chi connectivity index (χ3v) is 7.71. The Morgan fingerprint density at radius 1 is 1.08 bits per heavy atom. The molecule has 2 amide bonds. The number of urea groups is 1. The van der Waals surface area contributed by atoms with E-state index in [0.717, 1.165) is 80.2 Å². The van der Waals surface area contributed by atoms with E-state index in [0.29, 0.717) is 0 Å². The zero-order valence-corrected chi connectivity index (χ0v) is 22.6. The summed E-state index contributed by atoms with van der Waals surface area (Å²) in [5.74, 6) is -0.250. The summed E-state index contributed by atoms with van der Waals surface area (Å²) in [5.41, 5.74) is 8.62. The van der Waals surface area contributed by atoms with Crippen molar-refractivity contribution < 1.29 is 22.7 Å². The molecule has 3 aromatic carbocycles. The molecule has 39 heavy (non-hydrogen) atoms. The van der Waals surface area contributed by atoms with Crippen molar-refractivity contribution in [3.8, 4) is 27.4 Å². The van der Waals surface area contributed by atoms with Crippen LogP contribution in [0.1, 0.15) is 27.8 Å². The molecule has 0 aliphatic heterocycles. The van der Waals surface area contributed by atoms with Crippen LogP contribution in [0.2, 0.25) is 0 Å². The molecule has 1 aromatic heterocycles. The Labute approximate surface area is 231 Å². The van der Waals surface area contributed by atoms with Gasteiger partial charge < -0.3 is 10.1 Å². The molecule has 6 nitrogen and oxygen atoms in total. The number of para-hydroxylation sites is 1. The smallest absolute Gasteiger partial charge is 0.406 e. The molecule has 0 saturated carbocycles. The molecule has 0 atom stereocenters. The van der Waals surface area contributed by atoms with E-state index in [1.165, 1.54) is 23.7 Å². The molecule has 0 bridgehead atoms. The van der Waals surface area contributed by atoms with Gasteiger partial charge in [-0.15, -0.1) is 13.2 Å². The van der Waals surface area contributed by atoms with Gasteiger partial charge in [0.1, 0.15) is 5.75 Å². The number of nitrogens with one attached hydrogen (secondary N) is 2. The number of ether oxygens (including phenoxy) is 1. The zero-order chi connectivity index (χ0) is 27.6. The minimum Gasteiger partial charge on any atom is -0.406 e. The van der Waals surface area contributed by atoms with Crippen molar-refractivity contribution >= 4 is 41.6 Å². The van der Waals surface area contributed by atoms with E-state index in [2.05, 4.69) is 29.6 Å². The first-order chi connectivity index (χ1) is 18.7. The standard InChI is InChI=1S/C28H23F3N4O2S2/c1-16-4-3-5-17(2)24(16)33-27(36)35-39-32-15-18-6-12-22-20(14-18)9-13-23-25(22)34-38-26(23)19-7-10-21(11-8-19)37-28(29,30)31/h3-8,10-12,14-15H,9,13H2,1-2H3,(H2,33,35,36)/b32-15+. The first kappa shape index (κ1) is 26.8. The Hall–Kier alpha value is -3.83. The number of fused-ring (bicyclic) bond motifs is 3. The molecule has 1 heterocycles. The molecule has 0 saturated heterocycles. The Kier molecular flexibility index (Phi) is 7.62. The minimum absolute atomic E-state index is 0.250. The zero-order valence-electron chi connectivity index (χ0n) is 20.9. The Morgan fingerprint density at radius 2 is 1.82 bits per heavy atom. The summed E-state index contributed by atoms with van der Waals surface area (Å²) in [5, 5.41) is 2.85. The first-order valence-electron chi connectivity index (χ1n) is 12.0. The lowest BCUT2D eigenvalue weighted by molar-refractivity contribution is -0.274. The van der Waals surface area contributed by atoms with Gasteiger partial charge in [-0.1, -0.05) is 30.3 Å². The van der Waals surface area contributed by atoms with Crippen LogP contribution >= 0.6 is 23.7 Å². The Morgan fingerprint density at radius 3 is 2.54 bits per heavy atom. The number of carbonyl (C=O) groups is 1. The van der Waals surface area contributed by atoms with Crippen molar-refractivity contribution in [2.75, 3.05) is 5.32 Å². The number of aryl methyl sites for hydroxylation is 3. The van der Waals surface area contributed by atoms with Crippen molar-refractivity contribution in [2.45, 2.75) is 33.1 Å². The molecule has 0 spiro atoms. The molecule has 0 fully saturated rings. The summed E-state index contributed by atoms with van der Waals surface area (Å²) >= 11 is 2.28. The Bertz CT molecular complexity index is 1530. The highest BCUT2D eigenvalue weighted by Crippen LogP contribution is 2.41. The van der Waals surface area contributed by atoms with Gasteiger partial charge in [0.25, 0.3) is 0 Å². The van der Waals surface area contributed by atoms with Crippen molar-refractivity contribution in [3.05, 3.63) is 88.5 Å². The first-order valence-corrected chi connectivity index (χ1v) is 13.5. The van der Waals surface area contributed by atoms with Crippen molar-refractivity contribution in [1.29, 1.82) is 0 Å². The van der Waals surface area contributed by atoms with Gasteiger partial charge in [0.2, 0.25) is 0 Å². The number of amides is 2. The van der Waals surface area contributed by atoms with Crippen LogP contribution in [0.15, 0.2) is 65.1 Å². The Balaban J connectivity index is 1.23. The van der Waals surface area contributed by atoms with E-state index >= 15 is 0 Å². The molecule has 5 rings (SSSR count). The van der Waals surface area contributed by atoms with Gasteiger partial charge in [-0.25, -0.2) is 9.19 Å². The van der Waals surface area contributed by atoms with Crippen LogP contribution in [0.25, 0.3) is 21.7 Å². The average Bonchev–Trinajstić information content (AvgIpc) is 3.33. The van der Waals surface area contributed by atoms with Gasteiger partial charge in [-0.3, -0.25) is 4.72 Å². The number of nitrogens with zero attached hydrogens (tertiary/aromatic N) is 2. The molecule has 11 heteroatoms. The topological polar surface area (TPSA) is 75.6 Å². The van der Waals surface area contributed by atoms with E-state index in [-0.39, 0.29) is 11.8 Å². The largest absolute Gasteiger partial charge is 0.573 e. The quantitative estimate of drug-likeness (QED) is 0.183. The maximum absolute atomic E-state index is 12.5. The van der Waals surface area contributed by atoms with Gasteiger partial charge in [-0.05, 0) is 102 Å². The van der Waals surface area contributed by atoms with Crippen LogP contribution in [0.5, 0.6) is 5.75 Å². The van der Waals surface area contributed by atoms with E-state index in [1.807, 2.05) is 44.2 Å². The van der Waals surface area contributed by atoms with Gasteiger partial charge >= 0.3 is 12.4 Å². The summed E-state index contributed by atoms with van der Waals surface area (Å²) in [6.45, 7) is 3.88. The summed E-state index contributed by atoms with van der Waals surface area (Å²) in [6.07, 6.45) is -1.46. The second-order valence-corrected chi connectivity index (χ2v) is 10.3. The fraction of sp³-hybridized carbons (Fsp3) is 0.179. The molecule has 1 aliphatic rings. The fourth-order valence-corrected chi connectivity index (χ4v) is 5.79. The highest BCUT2D eigenvalue weighted by atomic mass is 32.2. The number of aromatic nitrogens is 1. The maximum Gasteiger partial charge on any atom is 0.573 e. The molecule has 2 N–H and O–H groups in total. The number of benzene rings is 3. The van der Waals surface area contributed by atoms with Gasteiger partial charge in [0.15, 0.2) is 0 Å². The molecule has 4 aromatic rings. The number of hydrogen-bond acceptors (Lipinski definition) is 6.